The van der Waals surface area contributed by atoms with Gasteiger partial charge in [0.05, 0.1) is 0 Å². The highest BCUT2D eigenvalue weighted by Gasteiger charge is 2.31. The van der Waals surface area contributed by atoms with Gasteiger partial charge in [0.2, 0.25) is 0 Å². The van der Waals surface area contributed by atoms with E-state index in [0.717, 1.165) is 5.56 Å². The molecule has 3 aromatic rings. The summed E-state index contributed by atoms with van der Waals surface area (Å²) >= 11 is 0. The molecule has 0 fully saturated rings. The van der Waals surface area contributed by atoms with Crippen LogP contribution in [-0.4, -0.2) is 0 Å². The van der Waals surface area contributed by atoms with Gasteiger partial charge in [-0.15, -0.1) is 0 Å². The van der Waals surface area contributed by atoms with Crippen LogP contribution in [-0.2, 0) is 4.57 Å². The minimum absolute atomic E-state index is 0.214. The smallest absolute Gasteiger partial charge is 0.405 e. The molecule has 0 saturated carbocycles. The summed E-state index contributed by atoms with van der Waals surface area (Å²) in [5.74, 6) is 0.964. The summed E-state index contributed by atoms with van der Waals surface area (Å²) in [6, 6.07) is 25.9. The van der Waals surface area contributed by atoms with E-state index in [-0.39, 0.29) is 6.04 Å². The minimum Gasteiger partial charge on any atom is -0.405 e. The molecule has 0 aliphatic carbocycles. The zero-order valence-electron chi connectivity index (χ0n) is 14.8. The van der Waals surface area contributed by atoms with Gasteiger partial charge in [-0.2, -0.15) is 5.09 Å². The van der Waals surface area contributed by atoms with Crippen molar-refractivity contribution in [1.29, 1.82) is 0 Å². The normalized spacial score (nSPS) is 12.4. The number of hydrogen-bond donors (Lipinski definition) is 1. The second kappa shape index (κ2) is 8.22. The zero-order chi connectivity index (χ0) is 18.4. The Kier molecular flexibility index (Phi) is 5.77. The van der Waals surface area contributed by atoms with Crippen molar-refractivity contribution in [1.82, 2.24) is 5.09 Å². The number of aryl methyl sites for hydroxylation is 1. The van der Waals surface area contributed by atoms with Crippen LogP contribution in [0.4, 0.5) is 0 Å². The molecule has 0 heterocycles. The van der Waals surface area contributed by atoms with Crippen LogP contribution >= 0.6 is 7.75 Å². The third-order valence-corrected chi connectivity index (χ3v) is 5.47. The second-order valence-corrected chi connectivity index (χ2v) is 7.69. The van der Waals surface area contributed by atoms with E-state index in [1.165, 1.54) is 5.56 Å². The molecule has 0 aliphatic heterocycles. The van der Waals surface area contributed by atoms with Crippen molar-refractivity contribution in [3.63, 3.8) is 0 Å². The van der Waals surface area contributed by atoms with E-state index in [2.05, 4.69) is 5.09 Å². The summed E-state index contributed by atoms with van der Waals surface area (Å²) in [5, 5.41) is 3.04. The standard InChI is InChI=1S/C21H22NO3P/c1-17-13-15-19(16-14-17)18(2)22-26(23,24-20-9-5-3-6-10-20)25-21-11-7-4-8-12-21/h3-16,18H,1-2H3,(H,22,23)/t18-/m0/s1. The summed E-state index contributed by atoms with van der Waals surface area (Å²) in [7, 11) is -3.65. The Hall–Kier alpha value is -2.55. The maximum Gasteiger partial charge on any atom is 0.513 e. The lowest BCUT2D eigenvalue weighted by atomic mass is 10.1. The lowest BCUT2D eigenvalue weighted by Crippen LogP contribution is -2.22. The molecule has 4 nitrogen and oxygen atoms in total. The van der Waals surface area contributed by atoms with Gasteiger partial charge < -0.3 is 9.05 Å². The Bertz CT molecular complexity index is 821. The predicted octanol–water partition coefficient (Wildman–Crippen LogP) is 5.91. The number of para-hydroxylation sites is 2. The Morgan fingerprint density at radius 2 is 1.23 bits per heavy atom. The van der Waals surface area contributed by atoms with Crippen LogP contribution in [0, 0.1) is 6.92 Å². The first-order chi connectivity index (χ1) is 12.5. The third-order valence-electron chi connectivity index (χ3n) is 3.87. The van der Waals surface area contributed by atoms with E-state index in [1.807, 2.05) is 74.5 Å². The fourth-order valence-electron chi connectivity index (χ4n) is 2.48. The average molecular weight is 367 g/mol. The Morgan fingerprint density at radius 3 is 1.69 bits per heavy atom. The van der Waals surface area contributed by atoms with Crippen LogP contribution in [0.2, 0.25) is 0 Å². The molecule has 0 saturated heterocycles. The molecule has 5 heteroatoms. The van der Waals surface area contributed by atoms with Gasteiger partial charge in [-0.3, -0.25) is 0 Å². The van der Waals surface area contributed by atoms with Crippen molar-refractivity contribution >= 4 is 7.75 Å². The van der Waals surface area contributed by atoms with Crippen LogP contribution in [0.15, 0.2) is 84.9 Å². The monoisotopic (exact) mass is 367 g/mol. The number of benzene rings is 3. The molecular weight excluding hydrogens is 345 g/mol. The van der Waals surface area contributed by atoms with Crippen molar-refractivity contribution in [2.75, 3.05) is 0 Å². The first-order valence-electron chi connectivity index (χ1n) is 8.48. The van der Waals surface area contributed by atoms with E-state index in [1.54, 1.807) is 24.3 Å². The van der Waals surface area contributed by atoms with Crippen LogP contribution in [0.3, 0.4) is 0 Å². The Labute approximate surface area is 154 Å². The number of rotatable bonds is 7. The highest BCUT2D eigenvalue weighted by molar-refractivity contribution is 7.52. The first-order valence-corrected chi connectivity index (χ1v) is 10.0. The largest absolute Gasteiger partial charge is 0.513 e. The lowest BCUT2D eigenvalue weighted by Gasteiger charge is -2.24. The fraction of sp³-hybridized carbons (Fsp3) is 0.143. The van der Waals surface area contributed by atoms with Gasteiger partial charge in [0.1, 0.15) is 11.5 Å². The van der Waals surface area contributed by atoms with Crippen LogP contribution in [0.1, 0.15) is 24.1 Å². The van der Waals surface area contributed by atoms with E-state index in [4.69, 9.17) is 9.05 Å². The predicted molar refractivity (Wildman–Crippen MR) is 104 cm³/mol. The first kappa shape index (κ1) is 18.2. The molecule has 0 amide bonds. The van der Waals surface area contributed by atoms with Crippen LogP contribution < -0.4 is 14.1 Å². The quantitative estimate of drug-likeness (QED) is 0.527. The molecule has 0 radical (unpaired) electrons. The number of nitrogens with one attached hydrogen (secondary N) is 1. The summed E-state index contributed by atoms with van der Waals surface area (Å²) in [6.07, 6.45) is 0. The average Bonchev–Trinajstić information content (AvgIpc) is 2.63. The zero-order valence-corrected chi connectivity index (χ0v) is 15.7. The van der Waals surface area contributed by atoms with Gasteiger partial charge in [0, 0.05) is 6.04 Å². The summed E-state index contributed by atoms with van der Waals surface area (Å²) in [4.78, 5) is 0. The summed E-state index contributed by atoms with van der Waals surface area (Å²) in [5.41, 5.74) is 2.18. The molecular formula is C21H22NO3P. The molecule has 0 aliphatic rings. The maximum atomic E-state index is 13.4. The second-order valence-electron chi connectivity index (χ2n) is 6.07. The fourth-order valence-corrected chi connectivity index (χ4v) is 4.04. The highest BCUT2D eigenvalue weighted by Crippen LogP contribution is 2.46. The van der Waals surface area contributed by atoms with Crippen molar-refractivity contribution in [2.24, 2.45) is 0 Å². The topological polar surface area (TPSA) is 47.6 Å². The van der Waals surface area contributed by atoms with Gasteiger partial charge in [-0.05, 0) is 43.7 Å². The van der Waals surface area contributed by atoms with Crippen LogP contribution in [0.5, 0.6) is 11.5 Å². The summed E-state index contributed by atoms with van der Waals surface area (Å²) in [6.45, 7) is 3.96. The van der Waals surface area contributed by atoms with Crippen molar-refractivity contribution in [3.05, 3.63) is 96.1 Å². The van der Waals surface area contributed by atoms with Crippen molar-refractivity contribution < 1.29 is 13.6 Å². The molecule has 3 rings (SSSR count). The summed E-state index contributed by atoms with van der Waals surface area (Å²) < 4.78 is 24.9. The minimum atomic E-state index is -3.65. The Morgan fingerprint density at radius 1 is 0.769 bits per heavy atom. The molecule has 0 unspecified atom stereocenters. The maximum absolute atomic E-state index is 13.4. The Balaban J connectivity index is 1.84. The van der Waals surface area contributed by atoms with Gasteiger partial charge in [0.25, 0.3) is 0 Å². The van der Waals surface area contributed by atoms with E-state index in [9.17, 15) is 4.57 Å². The number of hydrogen-bond acceptors (Lipinski definition) is 3. The molecule has 3 aromatic carbocycles. The van der Waals surface area contributed by atoms with Gasteiger partial charge in [-0.1, -0.05) is 66.2 Å². The van der Waals surface area contributed by atoms with Gasteiger partial charge in [0.15, 0.2) is 0 Å². The third kappa shape index (κ3) is 4.98. The van der Waals surface area contributed by atoms with E-state index in [0.29, 0.717) is 11.5 Å². The molecule has 0 spiro atoms. The molecule has 1 atom stereocenters. The van der Waals surface area contributed by atoms with E-state index < -0.39 is 7.75 Å². The molecule has 26 heavy (non-hydrogen) atoms. The lowest BCUT2D eigenvalue weighted by molar-refractivity contribution is 0.363. The van der Waals surface area contributed by atoms with Crippen molar-refractivity contribution in [2.45, 2.75) is 19.9 Å². The molecule has 1 N–H and O–H groups in total. The molecule has 0 aromatic heterocycles. The molecule has 134 valence electrons. The highest BCUT2D eigenvalue weighted by atomic mass is 31.2. The van der Waals surface area contributed by atoms with E-state index >= 15 is 0 Å². The van der Waals surface area contributed by atoms with Gasteiger partial charge >= 0.3 is 7.75 Å². The van der Waals surface area contributed by atoms with Crippen molar-refractivity contribution in [3.8, 4) is 11.5 Å². The van der Waals surface area contributed by atoms with Gasteiger partial charge in [-0.25, -0.2) is 4.57 Å². The molecule has 0 bridgehead atoms. The van der Waals surface area contributed by atoms with Crippen LogP contribution in [0.25, 0.3) is 0 Å². The SMILES string of the molecule is Cc1ccc([C@H](C)NP(=O)(Oc2ccccc2)Oc2ccccc2)cc1.